The molecule has 0 saturated carbocycles. The Balaban J connectivity index is 2.16. The van der Waals surface area contributed by atoms with E-state index in [-0.39, 0.29) is 17.4 Å². The van der Waals surface area contributed by atoms with Crippen molar-refractivity contribution in [1.82, 2.24) is 5.32 Å². The Hall–Kier alpha value is -3.81. The van der Waals surface area contributed by atoms with E-state index in [9.17, 15) is 19.5 Å². The first kappa shape index (κ1) is 23.5. The maximum atomic E-state index is 12.4. The number of methoxy groups -OCH3 is 1. The van der Waals surface area contributed by atoms with E-state index in [1.54, 1.807) is 42.5 Å². The van der Waals surface area contributed by atoms with Gasteiger partial charge in [-0.2, -0.15) is 0 Å². The summed E-state index contributed by atoms with van der Waals surface area (Å²) >= 11 is 0. The zero-order valence-electron chi connectivity index (χ0n) is 17.3. The zero-order valence-corrected chi connectivity index (χ0v) is 17.3. The van der Waals surface area contributed by atoms with E-state index in [0.29, 0.717) is 24.0 Å². The van der Waals surface area contributed by atoms with E-state index in [4.69, 9.17) is 14.6 Å². The van der Waals surface area contributed by atoms with Crippen LogP contribution in [0.3, 0.4) is 0 Å². The molecule has 2 rings (SSSR count). The smallest absolute Gasteiger partial charge is 0.414 e. The number of benzene rings is 2. The Morgan fingerprint density at radius 1 is 1.13 bits per heavy atom. The van der Waals surface area contributed by atoms with Crippen LogP contribution in [0, 0.1) is 5.92 Å². The third-order valence-electron chi connectivity index (χ3n) is 4.58. The molecule has 2 atom stereocenters. The van der Waals surface area contributed by atoms with Gasteiger partial charge >= 0.3 is 12.1 Å². The standard InChI is InChI=1S/C23H25NO7/c1-15(8-6-7-11-20(26)27)21(17-12-13-19(30-2)18(25)14-17)31-23(29)24-22(28)16-9-4-3-5-10-16/h3-5,7,9-15,21,25H,6,8H2,1-2H3,(H,26,27)(H,24,28,29)/b11-7+/t15-,21-/m0/s1. The van der Waals surface area contributed by atoms with Gasteiger partial charge in [-0.25, -0.2) is 9.59 Å². The Morgan fingerprint density at radius 3 is 2.45 bits per heavy atom. The molecular formula is C23H25NO7. The van der Waals surface area contributed by atoms with E-state index >= 15 is 0 Å². The fourth-order valence-electron chi connectivity index (χ4n) is 2.99. The van der Waals surface area contributed by atoms with Gasteiger partial charge in [0.05, 0.1) is 7.11 Å². The molecule has 0 bridgehead atoms. The van der Waals surface area contributed by atoms with Gasteiger partial charge in [0, 0.05) is 11.6 Å². The van der Waals surface area contributed by atoms with Crippen LogP contribution in [0.2, 0.25) is 0 Å². The SMILES string of the molecule is COc1ccc([C@@H](OC(=O)NC(=O)c2ccccc2)[C@@H](C)CC/C=C/C(=O)O)cc1O. The van der Waals surface area contributed by atoms with Crippen LogP contribution in [0.15, 0.2) is 60.7 Å². The van der Waals surface area contributed by atoms with Gasteiger partial charge in [0.2, 0.25) is 0 Å². The summed E-state index contributed by atoms with van der Waals surface area (Å²) in [4.78, 5) is 35.3. The maximum absolute atomic E-state index is 12.4. The van der Waals surface area contributed by atoms with Gasteiger partial charge in [-0.3, -0.25) is 10.1 Å². The van der Waals surface area contributed by atoms with Gasteiger partial charge in [0.1, 0.15) is 6.10 Å². The number of imide groups is 1. The molecule has 0 aliphatic rings. The van der Waals surface area contributed by atoms with Crippen LogP contribution in [0.5, 0.6) is 11.5 Å². The average molecular weight is 427 g/mol. The molecule has 8 heteroatoms. The van der Waals surface area contributed by atoms with Crippen molar-refractivity contribution in [1.29, 1.82) is 0 Å². The lowest BCUT2D eigenvalue weighted by molar-refractivity contribution is -0.131. The van der Waals surface area contributed by atoms with E-state index in [1.165, 1.54) is 19.3 Å². The van der Waals surface area contributed by atoms with Crippen LogP contribution in [0.1, 0.15) is 41.8 Å². The van der Waals surface area contributed by atoms with Crippen LogP contribution >= 0.6 is 0 Å². The number of carbonyl (C=O) groups is 3. The quantitative estimate of drug-likeness (QED) is 0.516. The molecule has 0 aromatic heterocycles. The largest absolute Gasteiger partial charge is 0.504 e. The number of aliphatic carboxylic acids is 1. The lowest BCUT2D eigenvalue weighted by atomic mass is 9.92. The summed E-state index contributed by atoms with van der Waals surface area (Å²) in [7, 11) is 1.42. The number of hydrogen-bond donors (Lipinski definition) is 3. The highest BCUT2D eigenvalue weighted by Crippen LogP contribution is 2.35. The minimum atomic E-state index is -1.04. The number of carbonyl (C=O) groups excluding carboxylic acids is 2. The minimum absolute atomic E-state index is 0.118. The summed E-state index contributed by atoms with van der Waals surface area (Å²) in [5.74, 6) is -1.74. The van der Waals surface area contributed by atoms with Crippen LogP contribution in [0.4, 0.5) is 4.79 Å². The molecule has 2 amide bonds. The number of allylic oxidation sites excluding steroid dienone is 1. The molecule has 0 fully saturated rings. The van der Waals surface area contributed by atoms with E-state index in [2.05, 4.69) is 5.32 Å². The van der Waals surface area contributed by atoms with Gasteiger partial charge in [0.15, 0.2) is 11.5 Å². The lowest BCUT2D eigenvalue weighted by Crippen LogP contribution is -2.33. The van der Waals surface area contributed by atoms with Crippen molar-refractivity contribution in [3.05, 3.63) is 71.8 Å². The molecule has 0 unspecified atom stereocenters. The van der Waals surface area contributed by atoms with Gasteiger partial charge in [-0.1, -0.05) is 37.3 Å². The highest BCUT2D eigenvalue weighted by Gasteiger charge is 2.25. The molecule has 0 saturated heterocycles. The van der Waals surface area contributed by atoms with Crippen LogP contribution in [-0.2, 0) is 9.53 Å². The molecule has 0 spiro atoms. The molecule has 31 heavy (non-hydrogen) atoms. The molecule has 2 aromatic rings. The molecule has 0 aliphatic heterocycles. The molecule has 0 aliphatic carbocycles. The number of phenolic OH excluding ortho intramolecular Hbond substituents is 1. The highest BCUT2D eigenvalue weighted by atomic mass is 16.6. The highest BCUT2D eigenvalue weighted by molar-refractivity contribution is 6.02. The second-order valence-electron chi connectivity index (χ2n) is 6.87. The summed E-state index contributed by atoms with van der Waals surface area (Å²) < 4.78 is 10.6. The summed E-state index contributed by atoms with van der Waals surface area (Å²) in [6.45, 7) is 1.83. The number of aromatic hydroxyl groups is 1. The lowest BCUT2D eigenvalue weighted by Gasteiger charge is -2.25. The van der Waals surface area contributed by atoms with Crippen LogP contribution < -0.4 is 10.1 Å². The fraction of sp³-hybridized carbons (Fsp3) is 0.261. The minimum Gasteiger partial charge on any atom is -0.504 e. The summed E-state index contributed by atoms with van der Waals surface area (Å²) in [5.41, 5.74) is 0.820. The number of nitrogens with one attached hydrogen (secondary N) is 1. The normalized spacial score (nSPS) is 12.7. The number of carboxylic acids is 1. The number of ether oxygens (including phenoxy) is 2. The first-order valence-electron chi connectivity index (χ1n) is 9.65. The van der Waals surface area contributed by atoms with E-state index in [1.807, 2.05) is 6.92 Å². The number of phenols is 1. The van der Waals surface area contributed by atoms with E-state index in [0.717, 1.165) is 6.08 Å². The predicted octanol–water partition coefficient (Wildman–Crippen LogP) is 4.07. The van der Waals surface area contributed by atoms with Crippen molar-refractivity contribution in [3.63, 3.8) is 0 Å². The van der Waals surface area contributed by atoms with Gasteiger partial charge in [0.25, 0.3) is 5.91 Å². The molecular weight excluding hydrogens is 402 g/mol. The van der Waals surface area contributed by atoms with E-state index < -0.39 is 24.1 Å². The first-order valence-corrected chi connectivity index (χ1v) is 9.65. The van der Waals surface area contributed by atoms with Crippen molar-refractivity contribution in [2.24, 2.45) is 5.92 Å². The number of hydrogen-bond acceptors (Lipinski definition) is 6. The fourth-order valence-corrected chi connectivity index (χ4v) is 2.99. The summed E-state index contributed by atoms with van der Waals surface area (Å²) in [6.07, 6.45) is 1.79. The van der Waals surface area contributed by atoms with Crippen molar-refractivity contribution >= 4 is 18.0 Å². The van der Waals surface area contributed by atoms with Crippen molar-refractivity contribution in [2.75, 3.05) is 7.11 Å². The molecule has 8 nitrogen and oxygen atoms in total. The van der Waals surface area contributed by atoms with Crippen LogP contribution in [-0.4, -0.2) is 35.3 Å². The van der Waals surface area contributed by atoms with Crippen molar-refractivity contribution in [3.8, 4) is 11.5 Å². The zero-order chi connectivity index (χ0) is 22.8. The molecule has 164 valence electrons. The summed E-state index contributed by atoms with van der Waals surface area (Å²) in [6, 6.07) is 12.9. The third kappa shape index (κ3) is 7.18. The Labute approximate surface area is 180 Å². The van der Waals surface area contributed by atoms with Crippen molar-refractivity contribution in [2.45, 2.75) is 25.9 Å². The number of rotatable bonds is 9. The van der Waals surface area contributed by atoms with Gasteiger partial charge in [-0.05, 0) is 48.6 Å². The number of alkyl carbamates (subject to hydrolysis) is 1. The monoisotopic (exact) mass is 427 g/mol. The molecule has 3 N–H and O–H groups in total. The second kappa shape index (κ2) is 11.4. The third-order valence-corrected chi connectivity index (χ3v) is 4.58. The predicted molar refractivity (Wildman–Crippen MR) is 113 cm³/mol. The number of amides is 2. The number of carboxylic acid groups (broad SMARTS) is 1. The van der Waals surface area contributed by atoms with Crippen molar-refractivity contribution < 1.29 is 34.1 Å². The second-order valence-corrected chi connectivity index (χ2v) is 6.87. The van der Waals surface area contributed by atoms with Gasteiger partial charge < -0.3 is 19.7 Å². The maximum Gasteiger partial charge on any atom is 0.414 e. The Morgan fingerprint density at radius 2 is 1.84 bits per heavy atom. The summed E-state index contributed by atoms with van der Waals surface area (Å²) in [5, 5.41) is 21.0. The molecule has 2 aromatic carbocycles. The molecule has 0 radical (unpaired) electrons. The Bertz CT molecular complexity index is 940. The Kier molecular flexibility index (Phi) is 8.63. The molecule has 0 heterocycles. The first-order chi connectivity index (χ1) is 14.8. The van der Waals surface area contributed by atoms with Crippen LogP contribution in [0.25, 0.3) is 0 Å². The van der Waals surface area contributed by atoms with Gasteiger partial charge in [-0.15, -0.1) is 0 Å². The average Bonchev–Trinajstić information content (AvgIpc) is 2.75. The topological polar surface area (TPSA) is 122 Å².